The molecule has 0 aromatic heterocycles. The van der Waals surface area contributed by atoms with Gasteiger partial charge in [0, 0.05) is 5.69 Å². The summed E-state index contributed by atoms with van der Waals surface area (Å²) in [7, 11) is 0. The van der Waals surface area contributed by atoms with Crippen molar-refractivity contribution in [2.45, 2.75) is 31.5 Å². The molecule has 0 heterocycles. The predicted molar refractivity (Wildman–Crippen MR) is 91.9 cm³/mol. The zero-order valence-corrected chi connectivity index (χ0v) is 14.0. The molecule has 0 unspecified atom stereocenters. The van der Waals surface area contributed by atoms with E-state index in [0.29, 0.717) is 0 Å². The maximum Gasteiger partial charge on any atom is 0.242 e. The summed E-state index contributed by atoms with van der Waals surface area (Å²) in [5, 5.41) is 3.09. The second kappa shape index (κ2) is 7.41. The number of nitrogens with one attached hydrogen (secondary N) is 1. The zero-order valence-electron chi connectivity index (χ0n) is 12.4. The summed E-state index contributed by atoms with van der Waals surface area (Å²) in [5.41, 5.74) is 4.28. The molecule has 2 aromatic carbocycles. The number of carbonyl (C=O) groups is 1. The molecule has 0 aliphatic carbocycles. The van der Waals surface area contributed by atoms with Crippen LogP contribution in [0.3, 0.4) is 0 Å². The van der Waals surface area contributed by atoms with Crippen LogP contribution in [0.2, 0.25) is 0 Å². The molecule has 2 nitrogen and oxygen atoms in total. The van der Waals surface area contributed by atoms with Crippen molar-refractivity contribution in [1.29, 1.82) is 0 Å². The van der Waals surface area contributed by atoms with Crippen molar-refractivity contribution in [1.82, 2.24) is 0 Å². The monoisotopic (exact) mass is 345 g/mol. The molecular weight excluding hydrogens is 326 g/mol. The van der Waals surface area contributed by atoms with Crippen molar-refractivity contribution in [3.05, 3.63) is 65.2 Å². The Balaban J connectivity index is 2.24. The van der Waals surface area contributed by atoms with Crippen LogP contribution in [0, 0.1) is 0 Å². The fourth-order valence-electron chi connectivity index (χ4n) is 2.36. The quantitative estimate of drug-likeness (QED) is 0.768. The maximum absolute atomic E-state index is 12.5. The Kier molecular flexibility index (Phi) is 5.57. The van der Waals surface area contributed by atoms with Gasteiger partial charge in [-0.1, -0.05) is 78.3 Å². The number of hydrogen-bond acceptors (Lipinski definition) is 1. The van der Waals surface area contributed by atoms with E-state index in [1.54, 1.807) is 0 Å². The Labute approximate surface area is 134 Å². The van der Waals surface area contributed by atoms with Crippen molar-refractivity contribution >= 4 is 27.5 Å². The predicted octanol–water partition coefficient (Wildman–Crippen LogP) is 4.89. The third-order valence-electron chi connectivity index (χ3n) is 3.57. The van der Waals surface area contributed by atoms with Crippen molar-refractivity contribution in [2.24, 2.45) is 0 Å². The molecule has 1 amide bonds. The van der Waals surface area contributed by atoms with Crippen LogP contribution in [0.4, 0.5) is 5.69 Å². The smallest absolute Gasteiger partial charge is 0.242 e. The number of benzene rings is 2. The number of amides is 1. The molecule has 1 N–H and O–H groups in total. The first kappa shape index (κ1) is 15.8. The molecule has 0 bridgehead atoms. The molecule has 0 spiro atoms. The molecule has 0 radical (unpaired) electrons. The largest absolute Gasteiger partial charge is 0.324 e. The zero-order chi connectivity index (χ0) is 15.2. The average molecular weight is 346 g/mol. The topological polar surface area (TPSA) is 29.1 Å². The third kappa shape index (κ3) is 3.73. The number of rotatable bonds is 5. The summed E-state index contributed by atoms with van der Waals surface area (Å²) >= 11 is 3.49. The van der Waals surface area contributed by atoms with Gasteiger partial charge in [0.25, 0.3) is 0 Å². The SMILES string of the molecule is CCc1cccc(CC)c1NC(=O)[C@@H](Br)c1ccccc1. The highest BCUT2D eigenvalue weighted by molar-refractivity contribution is 9.09. The summed E-state index contributed by atoms with van der Waals surface area (Å²) in [4.78, 5) is 12.2. The molecule has 2 aromatic rings. The molecule has 1 atom stereocenters. The average Bonchev–Trinajstić information content (AvgIpc) is 2.55. The van der Waals surface area contributed by atoms with Gasteiger partial charge in [0.1, 0.15) is 4.83 Å². The molecule has 21 heavy (non-hydrogen) atoms. The summed E-state index contributed by atoms with van der Waals surface area (Å²) in [6.07, 6.45) is 1.81. The van der Waals surface area contributed by atoms with Gasteiger partial charge in [0.05, 0.1) is 0 Å². The van der Waals surface area contributed by atoms with Crippen molar-refractivity contribution in [3.63, 3.8) is 0 Å². The van der Waals surface area contributed by atoms with Gasteiger partial charge in [-0.05, 0) is 29.5 Å². The lowest BCUT2D eigenvalue weighted by Crippen LogP contribution is -2.19. The van der Waals surface area contributed by atoms with E-state index in [4.69, 9.17) is 0 Å². The second-order valence-electron chi connectivity index (χ2n) is 4.92. The van der Waals surface area contributed by atoms with Crippen LogP contribution < -0.4 is 5.32 Å². The fraction of sp³-hybridized carbons (Fsp3) is 0.278. The number of alkyl halides is 1. The van der Waals surface area contributed by atoms with Gasteiger partial charge in [-0.2, -0.15) is 0 Å². The first-order valence-electron chi connectivity index (χ1n) is 7.28. The Bertz CT molecular complexity index is 588. The normalized spacial score (nSPS) is 12.0. The van der Waals surface area contributed by atoms with Gasteiger partial charge in [-0.25, -0.2) is 0 Å². The minimum atomic E-state index is -0.340. The van der Waals surface area contributed by atoms with Gasteiger partial charge >= 0.3 is 0 Å². The summed E-state index contributed by atoms with van der Waals surface area (Å²) in [6, 6.07) is 15.9. The number of para-hydroxylation sites is 1. The molecule has 110 valence electrons. The molecule has 0 aliphatic heterocycles. The third-order valence-corrected chi connectivity index (χ3v) is 4.51. The van der Waals surface area contributed by atoms with Crippen LogP contribution in [-0.4, -0.2) is 5.91 Å². The van der Waals surface area contributed by atoms with E-state index in [1.165, 1.54) is 11.1 Å². The molecule has 3 heteroatoms. The molecule has 0 fully saturated rings. The van der Waals surface area contributed by atoms with E-state index >= 15 is 0 Å². The van der Waals surface area contributed by atoms with E-state index in [1.807, 2.05) is 30.3 Å². The van der Waals surface area contributed by atoms with E-state index in [2.05, 4.69) is 53.3 Å². The van der Waals surface area contributed by atoms with Crippen molar-refractivity contribution in [3.8, 4) is 0 Å². The Hall–Kier alpha value is -1.61. The molecule has 0 saturated carbocycles. The fourth-order valence-corrected chi connectivity index (χ4v) is 2.78. The lowest BCUT2D eigenvalue weighted by Gasteiger charge is -2.17. The van der Waals surface area contributed by atoms with Gasteiger partial charge in [-0.15, -0.1) is 0 Å². The van der Waals surface area contributed by atoms with Crippen LogP contribution >= 0.6 is 15.9 Å². The lowest BCUT2D eigenvalue weighted by atomic mass is 10.0. The molecule has 0 aliphatic rings. The Morgan fingerprint density at radius 2 is 1.57 bits per heavy atom. The van der Waals surface area contributed by atoms with E-state index in [-0.39, 0.29) is 10.7 Å². The molecule has 2 rings (SSSR count). The molecule has 0 saturated heterocycles. The highest BCUT2D eigenvalue weighted by Crippen LogP contribution is 2.27. The minimum Gasteiger partial charge on any atom is -0.324 e. The first-order chi connectivity index (χ1) is 10.2. The standard InChI is InChI=1S/C18H20BrNO/c1-3-13-11-8-12-14(4-2)17(13)20-18(21)16(19)15-9-6-5-7-10-15/h5-12,16H,3-4H2,1-2H3,(H,20,21)/t16-/m0/s1. The maximum atomic E-state index is 12.5. The van der Waals surface area contributed by atoms with Gasteiger partial charge < -0.3 is 5.32 Å². The summed E-state index contributed by atoms with van der Waals surface area (Å²) < 4.78 is 0. The van der Waals surface area contributed by atoms with Crippen LogP contribution in [0.25, 0.3) is 0 Å². The van der Waals surface area contributed by atoms with E-state index in [0.717, 1.165) is 24.1 Å². The van der Waals surface area contributed by atoms with Gasteiger partial charge in [0.15, 0.2) is 0 Å². The summed E-state index contributed by atoms with van der Waals surface area (Å²) in [6.45, 7) is 4.21. The number of anilines is 1. The van der Waals surface area contributed by atoms with Crippen LogP contribution in [0.15, 0.2) is 48.5 Å². The highest BCUT2D eigenvalue weighted by Gasteiger charge is 2.18. The Morgan fingerprint density at radius 3 is 2.10 bits per heavy atom. The van der Waals surface area contributed by atoms with Crippen LogP contribution in [0.5, 0.6) is 0 Å². The van der Waals surface area contributed by atoms with E-state index < -0.39 is 0 Å². The van der Waals surface area contributed by atoms with Crippen LogP contribution in [-0.2, 0) is 17.6 Å². The highest BCUT2D eigenvalue weighted by atomic mass is 79.9. The first-order valence-corrected chi connectivity index (χ1v) is 8.19. The number of halogens is 1. The van der Waals surface area contributed by atoms with Crippen LogP contribution in [0.1, 0.15) is 35.4 Å². The van der Waals surface area contributed by atoms with Crippen molar-refractivity contribution < 1.29 is 4.79 Å². The molecular formula is C18H20BrNO. The minimum absolute atomic E-state index is 0.0307. The Morgan fingerprint density at radius 1 is 1.00 bits per heavy atom. The lowest BCUT2D eigenvalue weighted by molar-refractivity contribution is -0.115. The number of aryl methyl sites for hydroxylation is 2. The van der Waals surface area contributed by atoms with Gasteiger partial charge in [-0.3, -0.25) is 4.79 Å². The number of hydrogen-bond donors (Lipinski definition) is 1. The summed E-state index contributed by atoms with van der Waals surface area (Å²) in [5.74, 6) is -0.0307. The van der Waals surface area contributed by atoms with Crippen molar-refractivity contribution in [2.75, 3.05) is 5.32 Å². The van der Waals surface area contributed by atoms with Gasteiger partial charge in [0.2, 0.25) is 5.91 Å². The second-order valence-corrected chi connectivity index (χ2v) is 5.84. The van der Waals surface area contributed by atoms with E-state index in [9.17, 15) is 4.79 Å². The number of carbonyl (C=O) groups excluding carboxylic acids is 1.